The summed E-state index contributed by atoms with van der Waals surface area (Å²) in [6, 6.07) is 22.0. The highest BCUT2D eigenvalue weighted by molar-refractivity contribution is 5.99. The van der Waals surface area contributed by atoms with Gasteiger partial charge in [-0.1, -0.05) is 42.5 Å². The average Bonchev–Trinajstić information content (AvgIpc) is 3.16. The molecule has 2 aromatic heterocycles. The van der Waals surface area contributed by atoms with Crippen LogP contribution in [-0.2, 0) is 6.42 Å². The number of aromatic amines is 1. The van der Waals surface area contributed by atoms with Crippen LogP contribution in [0.15, 0.2) is 83.8 Å². The van der Waals surface area contributed by atoms with Crippen LogP contribution in [0.1, 0.15) is 27.8 Å². The van der Waals surface area contributed by atoms with E-state index in [1.165, 1.54) is 0 Å². The number of rotatable bonds is 2. The third-order valence-corrected chi connectivity index (χ3v) is 5.91. The van der Waals surface area contributed by atoms with Crippen LogP contribution in [-0.4, -0.2) is 20.4 Å². The van der Waals surface area contributed by atoms with Crippen molar-refractivity contribution < 1.29 is 4.79 Å². The number of amides is 1. The lowest BCUT2D eigenvalue weighted by Crippen LogP contribution is -2.31. The summed E-state index contributed by atoms with van der Waals surface area (Å²) in [4.78, 5) is 34.8. The Hall–Kier alpha value is -4.19. The van der Waals surface area contributed by atoms with E-state index in [4.69, 9.17) is 4.98 Å². The molecule has 0 bridgehead atoms. The zero-order valence-electron chi connectivity index (χ0n) is 16.5. The van der Waals surface area contributed by atoms with Gasteiger partial charge in [0.15, 0.2) is 0 Å². The van der Waals surface area contributed by atoms with Crippen molar-refractivity contribution in [3.05, 3.63) is 106 Å². The first-order valence-electron chi connectivity index (χ1n) is 10.2. The molecule has 150 valence electrons. The Morgan fingerprint density at radius 1 is 0.871 bits per heavy atom. The van der Waals surface area contributed by atoms with Gasteiger partial charge in [-0.05, 0) is 35.9 Å². The smallest absolute Gasteiger partial charge is 0.266 e. The Bertz CT molecular complexity index is 1550. The summed E-state index contributed by atoms with van der Waals surface area (Å²) in [6.45, 7) is 0. The molecule has 3 heterocycles. The van der Waals surface area contributed by atoms with Crippen molar-refractivity contribution in [3.63, 3.8) is 0 Å². The highest BCUT2D eigenvalue weighted by Crippen LogP contribution is 2.29. The minimum absolute atomic E-state index is 0.173. The topological polar surface area (TPSA) is 79.8 Å². The van der Waals surface area contributed by atoms with Crippen molar-refractivity contribution in [2.75, 3.05) is 0 Å². The van der Waals surface area contributed by atoms with Gasteiger partial charge in [0.1, 0.15) is 5.82 Å². The maximum Gasteiger partial charge on any atom is 0.266 e. The van der Waals surface area contributed by atoms with E-state index < -0.39 is 6.04 Å². The molecular weight excluding hydrogens is 388 g/mol. The second-order valence-corrected chi connectivity index (χ2v) is 7.73. The largest absolute Gasteiger partial charge is 0.361 e. The van der Waals surface area contributed by atoms with E-state index in [2.05, 4.69) is 16.4 Å². The predicted molar refractivity (Wildman–Crippen MR) is 120 cm³/mol. The zero-order valence-corrected chi connectivity index (χ0v) is 16.5. The standard InChI is InChI=1S/C25H18N4O2/c30-24-18-9-3-6-12-22(18)29-23(27-20-11-5-2-8-17(20)25(29)31)21(28-24)13-15-14-26-19-10-4-1-7-16(15)19/h1-12,14,21,26H,13H2,(H,28,30)/t21-/m0/s1. The first kappa shape index (κ1) is 17.7. The molecule has 2 N–H and O–H groups in total. The van der Waals surface area contributed by atoms with Gasteiger partial charge in [-0.15, -0.1) is 0 Å². The van der Waals surface area contributed by atoms with Gasteiger partial charge < -0.3 is 10.3 Å². The lowest BCUT2D eigenvalue weighted by atomic mass is 10.0. The Morgan fingerprint density at radius 2 is 1.61 bits per heavy atom. The minimum atomic E-state index is -0.462. The van der Waals surface area contributed by atoms with Gasteiger partial charge in [-0.2, -0.15) is 0 Å². The highest BCUT2D eigenvalue weighted by Gasteiger charge is 2.30. The molecule has 1 aliphatic heterocycles. The zero-order chi connectivity index (χ0) is 20.9. The Labute approximate surface area is 177 Å². The van der Waals surface area contributed by atoms with Crippen molar-refractivity contribution >= 4 is 27.7 Å². The number of carbonyl (C=O) groups is 1. The molecule has 0 fully saturated rings. The fraction of sp³-hybridized carbons (Fsp3) is 0.0800. The normalized spacial score (nSPS) is 15.4. The lowest BCUT2D eigenvalue weighted by molar-refractivity contribution is 0.0938. The van der Waals surface area contributed by atoms with Gasteiger partial charge >= 0.3 is 0 Å². The summed E-state index contributed by atoms with van der Waals surface area (Å²) in [5.41, 5.74) is 3.55. The van der Waals surface area contributed by atoms with E-state index in [1.54, 1.807) is 28.8 Å². The molecule has 6 rings (SSSR count). The third kappa shape index (κ3) is 2.69. The van der Waals surface area contributed by atoms with Crippen molar-refractivity contribution in [1.29, 1.82) is 0 Å². The van der Waals surface area contributed by atoms with Gasteiger partial charge in [-0.25, -0.2) is 4.98 Å². The van der Waals surface area contributed by atoms with E-state index in [1.807, 2.05) is 48.7 Å². The summed E-state index contributed by atoms with van der Waals surface area (Å²) < 4.78 is 1.59. The molecule has 0 radical (unpaired) electrons. The molecule has 0 saturated heterocycles. The van der Waals surface area contributed by atoms with Crippen LogP contribution in [0.25, 0.3) is 27.5 Å². The molecule has 0 spiro atoms. The van der Waals surface area contributed by atoms with Gasteiger partial charge in [0.2, 0.25) is 0 Å². The third-order valence-electron chi connectivity index (χ3n) is 5.91. The Kier molecular flexibility index (Phi) is 3.80. The van der Waals surface area contributed by atoms with E-state index in [9.17, 15) is 9.59 Å². The van der Waals surface area contributed by atoms with Gasteiger partial charge in [0.25, 0.3) is 11.5 Å². The molecular formula is C25H18N4O2. The SMILES string of the molecule is O=C1N[C@@H](Cc2c[nH]c3ccccc23)c2nc3ccccc3c(=O)n2-c2ccccc21. The predicted octanol–water partition coefficient (Wildman–Crippen LogP) is 3.89. The number of para-hydroxylation sites is 3. The second-order valence-electron chi connectivity index (χ2n) is 7.73. The van der Waals surface area contributed by atoms with Gasteiger partial charge in [0, 0.05) is 23.5 Å². The van der Waals surface area contributed by atoms with Crippen LogP contribution >= 0.6 is 0 Å². The summed E-state index contributed by atoms with van der Waals surface area (Å²) in [5, 5.41) is 4.73. The molecule has 5 aromatic rings. The lowest BCUT2D eigenvalue weighted by Gasteiger charge is -2.19. The summed E-state index contributed by atoms with van der Waals surface area (Å²) >= 11 is 0. The van der Waals surface area contributed by atoms with Crippen molar-refractivity contribution in [2.45, 2.75) is 12.5 Å². The molecule has 1 aliphatic rings. The van der Waals surface area contributed by atoms with Crippen LogP contribution in [0.5, 0.6) is 0 Å². The average molecular weight is 406 g/mol. The molecule has 1 atom stereocenters. The van der Waals surface area contributed by atoms with E-state index >= 15 is 0 Å². The molecule has 3 aromatic carbocycles. The first-order chi connectivity index (χ1) is 15.2. The number of fused-ring (bicyclic) bond motifs is 5. The molecule has 6 nitrogen and oxygen atoms in total. The molecule has 1 amide bonds. The fourth-order valence-corrected chi connectivity index (χ4v) is 4.44. The summed E-state index contributed by atoms with van der Waals surface area (Å²) in [5.74, 6) is 0.321. The number of carbonyl (C=O) groups excluding carboxylic acids is 1. The van der Waals surface area contributed by atoms with Crippen molar-refractivity contribution in [1.82, 2.24) is 19.9 Å². The maximum absolute atomic E-state index is 13.5. The van der Waals surface area contributed by atoms with Gasteiger partial charge in [0.05, 0.1) is 28.2 Å². The van der Waals surface area contributed by atoms with Crippen molar-refractivity contribution in [3.8, 4) is 5.69 Å². The number of aromatic nitrogens is 3. The van der Waals surface area contributed by atoms with Crippen LogP contribution in [0.4, 0.5) is 0 Å². The number of nitrogens with one attached hydrogen (secondary N) is 2. The maximum atomic E-state index is 13.5. The number of H-pyrrole nitrogens is 1. The van der Waals surface area contributed by atoms with Crippen LogP contribution in [0.3, 0.4) is 0 Å². The van der Waals surface area contributed by atoms with E-state index in [-0.39, 0.29) is 11.5 Å². The number of hydrogen-bond acceptors (Lipinski definition) is 3. The Balaban J connectivity index is 1.61. The molecule has 31 heavy (non-hydrogen) atoms. The monoisotopic (exact) mass is 406 g/mol. The number of nitrogens with zero attached hydrogens (tertiary/aromatic N) is 2. The molecule has 0 aliphatic carbocycles. The molecule has 0 saturated carbocycles. The number of benzene rings is 3. The van der Waals surface area contributed by atoms with Gasteiger partial charge in [-0.3, -0.25) is 14.2 Å². The van der Waals surface area contributed by atoms with Crippen molar-refractivity contribution in [2.24, 2.45) is 0 Å². The summed E-state index contributed by atoms with van der Waals surface area (Å²) in [7, 11) is 0. The van der Waals surface area contributed by atoms with E-state index in [0.29, 0.717) is 34.4 Å². The van der Waals surface area contributed by atoms with Crippen LogP contribution < -0.4 is 10.9 Å². The first-order valence-corrected chi connectivity index (χ1v) is 10.2. The van der Waals surface area contributed by atoms with Crippen LogP contribution in [0, 0.1) is 0 Å². The Morgan fingerprint density at radius 3 is 2.52 bits per heavy atom. The molecule has 0 unspecified atom stereocenters. The van der Waals surface area contributed by atoms with E-state index in [0.717, 1.165) is 16.5 Å². The minimum Gasteiger partial charge on any atom is -0.361 e. The fourth-order valence-electron chi connectivity index (χ4n) is 4.44. The van der Waals surface area contributed by atoms with Crippen LogP contribution in [0.2, 0.25) is 0 Å². The molecule has 6 heteroatoms. The quantitative estimate of drug-likeness (QED) is 0.467. The summed E-state index contributed by atoms with van der Waals surface area (Å²) in [6.07, 6.45) is 2.47. The highest BCUT2D eigenvalue weighted by atomic mass is 16.2. The second kappa shape index (κ2) is 6.67. The number of hydrogen-bond donors (Lipinski definition) is 2.